The zero-order valence-corrected chi connectivity index (χ0v) is 22.0. The van der Waals surface area contributed by atoms with Crippen molar-refractivity contribution in [2.45, 2.75) is 57.1 Å². The van der Waals surface area contributed by atoms with Crippen molar-refractivity contribution in [3.63, 3.8) is 0 Å². The molecule has 2 atom stereocenters. The van der Waals surface area contributed by atoms with E-state index in [1.54, 1.807) is 25.1 Å². The van der Waals surface area contributed by atoms with Gasteiger partial charge < -0.3 is 10.2 Å². The molecular weight excluding hydrogens is 513 g/mol. The Labute approximate surface area is 215 Å². The maximum absolute atomic E-state index is 13.3. The Morgan fingerprint density at radius 1 is 1.11 bits per heavy atom. The number of nitrogens with zero attached hydrogens (tertiary/aromatic N) is 2. The molecule has 11 heteroatoms. The van der Waals surface area contributed by atoms with Crippen molar-refractivity contribution in [3.05, 3.63) is 63.6 Å². The third kappa shape index (κ3) is 5.79. The van der Waals surface area contributed by atoms with Crippen LogP contribution in [0.1, 0.15) is 49.5 Å². The summed E-state index contributed by atoms with van der Waals surface area (Å²) in [5.74, 6) is -1.53. The molecule has 1 aliphatic rings. The number of rotatable bonds is 9. The molecule has 0 bridgehead atoms. The largest absolute Gasteiger partial charge is 0.352 e. The van der Waals surface area contributed by atoms with Crippen molar-refractivity contribution in [1.82, 2.24) is 14.5 Å². The number of carbonyl (C=O) groups excluding carboxylic acids is 3. The summed E-state index contributed by atoms with van der Waals surface area (Å²) in [6.45, 7) is 5.03. The second-order valence-electron chi connectivity index (χ2n) is 8.38. The molecule has 1 heterocycles. The maximum atomic E-state index is 13.3. The molecule has 3 rings (SSSR count). The van der Waals surface area contributed by atoms with Gasteiger partial charge in [0.05, 0.1) is 5.56 Å². The van der Waals surface area contributed by atoms with Crippen molar-refractivity contribution in [1.29, 1.82) is 0 Å². The minimum atomic E-state index is -4.05. The van der Waals surface area contributed by atoms with Gasteiger partial charge in [0.2, 0.25) is 11.8 Å². The molecule has 0 radical (unpaired) electrons. The fraction of sp³-hybridized carbons (Fsp3) is 0.375. The maximum Gasteiger partial charge on any atom is 0.269 e. The van der Waals surface area contributed by atoms with Crippen LogP contribution in [0, 0.1) is 0 Å². The minimum Gasteiger partial charge on any atom is -0.352 e. The quantitative estimate of drug-likeness (QED) is 0.520. The van der Waals surface area contributed by atoms with E-state index in [9.17, 15) is 22.8 Å². The summed E-state index contributed by atoms with van der Waals surface area (Å²) < 4.78 is 26.4. The molecule has 1 aliphatic heterocycles. The third-order valence-electron chi connectivity index (χ3n) is 5.96. The van der Waals surface area contributed by atoms with Crippen LogP contribution in [0.5, 0.6) is 0 Å². The Morgan fingerprint density at radius 3 is 2.43 bits per heavy atom. The van der Waals surface area contributed by atoms with Crippen LogP contribution < -0.4 is 5.32 Å². The minimum absolute atomic E-state index is 0.00481. The monoisotopic (exact) mass is 539 g/mol. The van der Waals surface area contributed by atoms with Crippen LogP contribution in [-0.2, 0) is 26.2 Å². The molecule has 3 amide bonds. The molecule has 0 aliphatic carbocycles. The molecule has 0 spiro atoms. The first-order valence-electron chi connectivity index (χ1n) is 11.2. The average molecular weight is 540 g/mol. The molecule has 0 saturated carbocycles. The number of hydrogen-bond acceptors (Lipinski definition) is 5. The lowest BCUT2D eigenvalue weighted by Gasteiger charge is -2.30. The van der Waals surface area contributed by atoms with Gasteiger partial charge in [-0.3, -0.25) is 14.4 Å². The van der Waals surface area contributed by atoms with Gasteiger partial charge in [-0.05, 0) is 50.1 Å². The summed E-state index contributed by atoms with van der Waals surface area (Å²) in [6.07, 6.45) is 0.413. The van der Waals surface area contributed by atoms with Crippen molar-refractivity contribution in [2.24, 2.45) is 0 Å². The highest BCUT2D eigenvalue weighted by atomic mass is 35.5. The normalized spacial score (nSPS) is 15.9. The molecule has 8 nitrogen and oxygen atoms in total. The van der Waals surface area contributed by atoms with Gasteiger partial charge in [0, 0.05) is 35.6 Å². The first-order valence-corrected chi connectivity index (χ1v) is 13.4. The standard InChI is InChI=1S/C24H27Cl2N3O5S/c1-4-15(2)27-23(31)16(3)28(14-17-9-10-18(25)13-20(17)26)22(30)11-12-29-24(32)19-7-5-6-8-21(19)35(29,33)34/h5-10,13,15-16H,4,11-12,14H2,1-3H3,(H,27,31). The number of benzene rings is 2. The Bertz CT molecular complexity index is 1250. The number of halogens is 2. The SMILES string of the molecule is CCC(C)NC(=O)C(C)N(Cc1ccc(Cl)cc1Cl)C(=O)CCN1C(=O)c2ccccc2S1(=O)=O. The summed E-state index contributed by atoms with van der Waals surface area (Å²) in [5.41, 5.74) is 0.649. The summed E-state index contributed by atoms with van der Waals surface area (Å²) in [7, 11) is -4.05. The van der Waals surface area contributed by atoms with Gasteiger partial charge in [-0.1, -0.05) is 48.3 Å². The first-order chi connectivity index (χ1) is 16.5. The molecule has 188 valence electrons. The predicted molar refractivity (Wildman–Crippen MR) is 134 cm³/mol. The van der Waals surface area contributed by atoms with E-state index >= 15 is 0 Å². The number of nitrogens with one attached hydrogen (secondary N) is 1. The van der Waals surface area contributed by atoms with Gasteiger partial charge in [0.1, 0.15) is 10.9 Å². The topological polar surface area (TPSA) is 104 Å². The zero-order valence-electron chi connectivity index (χ0n) is 19.6. The van der Waals surface area contributed by atoms with E-state index in [4.69, 9.17) is 23.2 Å². The van der Waals surface area contributed by atoms with Crippen LogP contribution >= 0.6 is 23.2 Å². The fourth-order valence-corrected chi connectivity index (χ4v) is 5.71. The highest BCUT2D eigenvalue weighted by Crippen LogP contribution is 2.30. The van der Waals surface area contributed by atoms with Crippen LogP contribution in [0.2, 0.25) is 10.0 Å². The van der Waals surface area contributed by atoms with E-state index in [2.05, 4.69) is 5.32 Å². The molecule has 2 unspecified atom stereocenters. The van der Waals surface area contributed by atoms with E-state index in [0.29, 0.717) is 26.3 Å². The lowest BCUT2D eigenvalue weighted by atomic mass is 10.1. The van der Waals surface area contributed by atoms with Gasteiger partial charge in [0.25, 0.3) is 15.9 Å². The second-order valence-corrected chi connectivity index (χ2v) is 11.1. The van der Waals surface area contributed by atoms with E-state index in [1.807, 2.05) is 13.8 Å². The van der Waals surface area contributed by atoms with Crippen molar-refractivity contribution in [3.8, 4) is 0 Å². The van der Waals surface area contributed by atoms with Crippen molar-refractivity contribution < 1.29 is 22.8 Å². The van der Waals surface area contributed by atoms with Gasteiger partial charge in [0.15, 0.2) is 0 Å². The zero-order chi connectivity index (χ0) is 25.9. The fourth-order valence-electron chi connectivity index (χ4n) is 3.67. The Hall–Kier alpha value is -2.62. The summed E-state index contributed by atoms with van der Waals surface area (Å²) in [6, 6.07) is 9.78. The van der Waals surface area contributed by atoms with Crippen LogP contribution in [0.25, 0.3) is 0 Å². The van der Waals surface area contributed by atoms with Gasteiger partial charge in [-0.25, -0.2) is 12.7 Å². The molecule has 2 aromatic rings. The van der Waals surface area contributed by atoms with Gasteiger partial charge in [-0.15, -0.1) is 0 Å². The number of carbonyl (C=O) groups is 3. The number of hydrogen-bond donors (Lipinski definition) is 1. The summed E-state index contributed by atoms with van der Waals surface area (Å²) in [4.78, 5) is 40.1. The highest BCUT2D eigenvalue weighted by molar-refractivity contribution is 7.90. The number of amides is 3. The molecule has 2 aromatic carbocycles. The predicted octanol–water partition coefficient (Wildman–Crippen LogP) is 3.86. The molecule has 0 saturated heterocycles. The molecule has 1 N–H and O–H groups in total. The molecule has 0 fully saturated rings. The van der Waals surface area contributed by atoms with Crippen LogP contribution in [0.3, 0.4) is 0 Å². The highest BCUT2D eigenvalue weighted by Gasteiger charge is 2.41. The number of sulfonamides is 1. The Kier molecular flexibility index (Phi) is 8.46. The van der Waals surface area contributed by atoms with Crippen LogP contribution in [-0.4, -0.2) is 54.0 Å². The Balaban J connectivity index is 1.82. The number of fused-ring (bicyclic) bond motifs is 1. The van der Waals surface area contributed by atoms with E-state index < -0.39 is 27.9 Å². The third-order valence-corrected chi connectivity index (χ3v) is 8.39. The lowest BCUT2D eigenvalue weighted by Crippen LogP contribution is -2.50. The molecular formula is C24H27Cl2N3O5S. The van der Waals surface area contributed by atoms with Gasteiger partial charge >= 0.3 is 0 Å². The lowest BCUT2D eigenvalue weighted by molar-refractivity contribution is -0.140. The van der Waals surface area contributed by atoms with Crippen molar-refractivity contribution >= 4 is 50.9 Å². The Morgan fingerprint density at radius 2 is 1.80 bits per heavy atom. The average Bonchev–Trinajstić information content (AvgIpc) is 3.01. The van der Waals surface area contributed by atoms with Gasteiger partial charge in [-0.2, -0.15) is 0 Å². The van der Waals surface area contributed by atoms with E-state index in [0.717, 1.165) is 0 Å². The van der Waals surface area contributed by atoms with E-state index in [-0.39, 0.29) is 41.9 Å². The smallest absolute Gasteiger partial charge is 0.269 e. The summed E-state index contributed by atoms with van der Waals surface area (Å²) in [5, 5.41) is 3.61. The van der Waals surface area contributed by atoms with Crippen molar-refractivity contribution in [2.75, 3.05) is 6.54 Å². The van der Waals surface area contributed by atoms with Crippen LogP contribution in [0.15, 0.2) is 47.4 Å². The summed E-state index contributed by atoms with van der Waals surface area (Å²) >= 11 is 12.3. The first kappa shape index (κ1) is 27.0. The second kappa shape index (κ2) is 11.0. The molecule has 0 aromatic heterocycles. The molecule has 35 heavy (non-hydrogen) atoms. The van der Waals surface area contributed by atoms with Crippen LogP contribution in [0.4, 0.5) is 0 Å². The van der Waals surface area contributed by atoms with E-state index in [1.165, 1.54) is 29.2 Å².